The Balaban J connectivity index is 1.48. The quantitative estimate of drug-likeness (QED) is 0.332. The third-order valence-corrected chi connectivity index (χ3v) is 8.09. The van der Waals surface area contributed by atoms with Crippen molar-refractivity contribution in [2.24, 2.45) is 0 Å². The summed E-state index contributed by atoms with van der Waals surface area (Å²) in [5.74, 6) is -0.492. The highest BCUT2D eigenvalue weighted by molar-refractivity contribution is 7.89. The van der Waals surface area contributed by atoms with Crippen molar-refractivity contribution in [3.63, 3.8) is 0 Å². The second-order valence-corrected chi connectivity index (χ2v) is 11.0. The number of rotatable bonds is 8. The molecule has 0 bridgehead atoms. The number of nitrogens with zero attached hydrogens (tertiary/aromatic N) is 1. The first-order valence-electron chi connectivity index (χ1n) is 11.0. The van der Waals surface area contributed by atoms with Gasteiger partial charge in [-0.15, -0.1) is 11.3 Å². The van der Waals surface area contributed by atoms with E-state index in [4.69, 9.17) is 9.72 Å². The second kappa shape index (κ2) is 10.0. The number of hydrogen-bond acceptors (Lipinski definition) is 6. The molecule has 0 aliphatic carbocycles. The van der Waals surface area contributed by atoms with Gasteiger partial charge in [-0.2, -0.15) is 0 Å². The summed E-state index contributed by atoms with van der Waals surface area (Å²) >= 11 is 1.63. The lowest BCUT2D eigenvalue weighted by atomic mass is 9.97. The van der Waals surface area contributed by atoms with Gasteiger partial charge >= 0.3 is 5.97 Å². The van der Waals surface area contributed by atoms with Crippen LogP contribution in [0.1, 0.15) is 41.3 Å². The lowest BCUT2D eigenvalue weighted by Crippen LogP contribution is -2.26. The minimum absolute atomic E-state index is 0.0414. The van der Waals surface area contributed by atoms with Crippen molar-refractivity contribution in [3.05, 3.63) is 83.4 Å². The van der Waals surface area contributed by atoms with Crippen molar-refractivity contribution in [1.82, 2.24) is 9.71 Å². The molecule has 0 radical (unpaired) electrons. The number of nitrogens with one attached hydrogen (secondary N) is 1. The van der Waals surface area contributed by atoms with Gasteiger partial charge in [0.1, 0.15) is 5.01 Å². The summed E-state index contributed by atoms with van der Waals surface area (Å²) in [6.45, 7) is 4.11. The molecule has 4 aromatic rings. The average molecular weight is 495 g/mol. The van der Waals surface area contributed by atoms with Gasteiger partial charge in [-0.1, -0.05) is 56.3 Å². The molecule has 0 aliphatic rings. The summed E-state index contributed by atoms with van der Waals surface area (Å²) < 4.78 is 34.3. The van der Waals surface area contributed by atoms with E-state index < -0.39 is 16.0 Å². The van der Waals surface area contributed by atoms with Crippen LogP contribution in [0.5, 0.6) is 0 Å². The summed E-state index contributed by atoms with van der Waals surface area (Å²) in [4.78, 5) is 17.0. The van der Waals surface area contributed by atoms with E-state index in [1.54, 1.807) is 17.4 Å². The number of carbonyl (C=O) groups is 1. The largest absolute Gasteiger partial charge is 0.465 e. The van der Waals surface area contributed by atoms with Crippen molar-refractivity contribution in [3.8, 4) is 10.6 Å². The molecule has 176 valence electrons. The van der Waals surface area contributed by atoms with Gasteiger partial charge in [-0.3, -0.25) is 0 Å². The minimum Gasteiger partial charge on any atom is -0.465 e. The third kappa shape index (κ3) is 5.19. The molecular formula is C26H26N2O4S2. The molecule has 34 heavy (non-hydrogen) atoms. The van der Waals surface area contributed by atoms with Gasteiger partial charge in [0.25, 0.3) is 0 Å². The van der Waals surface area contributed by atoms with E-state index in [2.05, 4.69) is 4.72 Å². The number of thiazole rings is 1. The predicted octanol–water partition coefficient (Wildman–Crippen LogP) is 5.39. The fourth-order valence-electron chi connectivity index (χ4n) is 3.74. The molecule has 0 fully saturated rings. The Kier molecular flexibility index (Phi) is 7.11. The monoisotopic (exact) mass is 494 g/mol. The summed E-state index contributed by atoms with van der Waals surface area (Å²) in [6.07, 6.45) is 0.515. The van der Waals surface area contributed by atoms with Crippen molar-refractivity contribution >= 4 is 37.5 Å². The molecule has 6 nitrogen and oxygen atoms in total. The second-order valence-electron chi connectivity index (χ2n) is 8.23. The van der Waals surface area contributed by atoms with Crippen LogP contribution in [0, 0.1) is 0 Å². The van der Waals surface area contributed by atoms with E-state index in [0.29, 0.717) is 6.42 Å². The van der Waals surface area contributed by atoms with Crippen LogP contribution in [0.15, 0.2) is 71.6 Å². The number of hydrogen-bond donors (Lipinski definition) is 1. The molecule has 8 heteroatoms. The number of ether oxygens (including phenoxy) is 1. The molecule has 0 unspecified atom stereocenters. The number of sulfonamides is 1. The molecule has 3 aromatic carbocycles. The smallest absolute Gasteiger partial charge is 0.338 e. The first kappa shape index (κ1) is 24.1. The van der Waals surface area contributed by atoms with Gasteiger partial charge in [0.05, 0.1) is 27.8 Å². The maximum Gasteiger partial charge on any atom is 0.338 e. The van der Waals surface area contributed by atoms with Gasteiger partial charge in [-0.05, 0) is 47.7 Å². The number of benzene rings is 3. The molecule has 0 saturated carbocycles. The molecule has 0 aliphatic heterocycles. The standard InChI is InChI=1S/C26H26N2O4S2/c1-17(2)21-11-10-20(16-22(21)26(29)32-3)34(30,31)27-14-13-18-9-12-24-23(15-18)28-25(33-24)19-7-5-4-6-8-19/h4-12,15-17,27H,13-14H2,1-3H3. The molecule has 0 amide bonds. The molecule has 0 spiro atoms. The van der Waals surface area contributed by atoms with Crippen LogP contribution in [0.25, 0.3) is 20.8 Å². The van der Waals surface area contributed by atoms with Crippen LogP contribution in [0.3, 0.4) is 0 Å². The Labute approximate surface area is 203 Å². The van der Waals surface area contributed by atoms with E-state index in [-0.39, 0.29) is 22.9 Å². The van der Waals surface area contributed by atoms with E-state index >= 15 is 0 Å². The fourth-order valence-corrected chi connectivity index (χ4v) is 5.75. The van der Waals surface area contributed by atoms with Crippen molar-refractivity contribution in [1.29, 1.82) is 0 Å². The Morgan fingerprint density at radius 3 is 2.53 bits per heavy atom. The van der Waals surface area contributed by atoms with Gasteiger partial charge in [0.2, 0.25) is 10.0 Å². The number of aromatic nitrogens is 1. The zero-order chi connectivity index (χ0) is 24.3. The Morgan fingerprint density at radius 1 is 1.06 bits per heavy atom. The average Bonchev–Trinajstić information content (AvgIpc) is 3.27. The first-order chi connectivity index (χ1) is 16.3. The SMILES string of the molecule is COC(=O)c1cc(S(=O)(=O)NCCc2ccc3sc(-c4ccccc4)nc3c2)ccc1C(C)C. The first-order valence-corrected chi connectivity index (χ1v) is 13.3. The zero-order valence-electron chi connectivity index (χ0n) is 19.2. The highest BCUT2D eigenvalue weighted by Crippen LogP contribution is 2.30. The van der Waals surface area contributed by atoms with Gasteiger partial charge in [-0.25, -0.2) is 22.9 Å². The Bertz CT molecular complexity index is 1430. The Morgan fingerprint density at radius 2 is 1.82 bits per heavy atom. The van der Waals surface area contributed by atoms with Gasteiger partial charge in [0, 0.05) is 12.1 Å². The minimum atomic E-state index is -3.78. The summed E-state index contributed by atoms with van der Waals surface area (Å²) in [7, 11) is -2.50. The summed E-state index contributed by atoms with van der Waals surface area (Å²) in [5, 5.41) is 0.958. The number of methoxy groups -OCH3 is 1. The number of carbonyl (C=O) groups excluding carboxylic acids is 1. The maximum atomic E-state index is 12.9. The molecule has 1 heterocycles. The van der Waals surface area contributed by atoms with E-state index in [1.807, 2.05) is 62.4 Å². The molecule has 1 N–H and O–H groups in total. The van der Waals surface area contributed by atoms with Crippen LogP contribution in [-0.2, 0) is 21.2 Å². The lowest BCUT2D eigenvalue weighted by Gasteiger charge is -2.14. The van der Waals surface area contributed by atoms with Gasteiger partial charge in [0.15, 0.2) is 0 Å². The maximum absolute atomic E-state index is 12.9. The highest BCUT2D eigenvalue weighted by atomic mass is 32.2. The Hall–Kier alpha value is -3.07. The van der Waals surface area contributed by atoms with E-state index in [9.17, 15) is 13.2 Å². The molecule has 4 rings (SSSR count). The van der Waals surface area contributed by atoms with Crippen LogP contribution in [0.4, 0.5) is 0 Å². The van der Waals surface area contributed by atoms with Crippen LogP contribution in [-0.4, -0.2) is 33.0 Å². The predicted molar refractivity (Wildman–Crippen MR) is 136 cm³/mol. The third-order valence-electron chi connectivity index (χ3n) is 5.54. The van der Waals surface area contributed by atoms with Crippen LogP contribution in [0.2, 0.25) is 0 Å². The van der Waals surface area contributed by atoms with Crippen molar-refractivity contribution in [2.45, 2.75) is 31.1 Å². The van der Waals surface area contributed by atoms with Crippen LogP contribution < -0.4 is 4.72 Å². The molecule has 0 atom stereocenters. The normalized spacial score (nSPS) is 11.8. The number of esters is 1. The zero-order valence-corrected chi connectivity index (χ0v) is 20.9. The lowest BCUT2D eigenvalue weighted by molar-refractivity contribution is 0.0598. The summed E-state index contributed by atoms with van der Waals surface area (Å²) in [6, 6.07) is 20.6. The fraction of sp³-hybridized carbons (Fsp3) is 0.231. The molecule has 1 aromatic heterocycles. The molecular weight excluding hydrogens is 468 g/mol. The molecule has 0 saturated heterocycles. The topological polar surface area (TPSA) is 85.4 Å². The van der Waals surface area contributed by atoms with Gasteiger partial charge < -0.3 is 4.74 Å². The highest BCUT2D eigenvalue weighted by Gasteiger charge is 2.20. The van der Waals surface area contributed by atoms with E-state index in [1.165, 1.54) is 19.2 Å². The summed E-state index contributed by atoms with van der Waals surface area (Å²) in [5.41, 5.74) is 3.98. The van der Waals surface area contributed by atoms with Crippen molar-refractivity contribution < 1.29 is 17.9 Å². The van der Waals surface area contributed by atoms with Crippen LogP contribution >= 0.6 is 11.3 Å². The van der Waals surface area contributed by atoms with Crippen molar-refractivity contribution in [2.75, 3.05) is 13.7 Å². The number of fused-ring (bicyclic) bond motifs is 1. The van der Waals surface area contributed by atoms with E-state index in [0.717, 1.165) is 31.9 Å².